The van der Waals surface area contributed by atoms with Crippen molar-refractivity contribution in [1.29, 1.82) is 0 Å². The molecule has 0 aliphatic carbocycles. The summed E-state index contributed by atoms with van der Waals surface area (Å²) >= 11 is 0. The predicted molar refractivity (Wildman–Crippen MR) is 113 cm³/mol. The van der Waals surface area contributed by atoms with Crippen LogP contribution in [0, 0.1) is 6.92 Å². The number of carbonyl (C=O) groups excluding carboxylic acids is 2. The van der Waals surface area contributed by atoms with E-state index in [4.69, 9.17) is 0 Å². The van der Waals surface area contributed by atoms with Gasteiger partial charge in [-0.3, -0.25) is 9.59 Å². The number of quaternary nitrogens is 1. The number of amides is 2. The molecule has 0 saturated heterocycles. The number of nitrogens with zero attached hydrogens (tertiary/aromatic N) is 1. The van der Waals surface area contributed by atoms with Crippen LogP contribution in [-0.2, 0) is 16.1 Å². The quantitative estimate of drug-likeness (QED) is 0.697. The molecule has 0 aliphatic rings. The van der Waals surface area contributed by atoms with Crippen molar-refractivity contribution in [1.82, 2.24) is 5.32 Å². The summed E-state index contributed by atoms with van der Waals surface area (Å²) in [7, 11) is 0. The molecular formula is C23H32N3O2+. The number of likely N-dealkylation sites (N-methyl/N-ethyl adjacent to an activating group) is 1. The summed E-state index contributed by atoms with van der Waals surface area (Å²) in [6.45, 7) is 9.70. The second-order valence-electron chi connectivity index (χ2n) is 7.48. The molecule has 0 aromatic heterocycles. The molecule has 2 rings (SSSR count). The van der Waals surface area contributed by atoms with Crippen molar-refractivity contribution in [2.24, 2.45) is 0 Å². The Bertz CT molecular complexity index is 774. The average molecular weight is 383 g/mol. The normalized spacial score (nSPS) is 11.9. The third-order valence-electron chi connectivity index (χ3n) is 4.56. The minimum Gasteiger partial charge on any atom is -0.349 e. The van der Waals surface area contributed by atoms with Gasteiger partial charge in [-0.25, -0.2) is 0 Å². The highest BCUT2D eigenvalue weighted by Crippen LogP contribution is 2.18. The summed E-state index contributed by atoms with van der Waals surface area (Å²) in [5.41, 5.74) is 3.07. The fraction of sp³-hybridized carbons (Fsp3) is 0.391. The van der Waals surface area contributed by atoms with Crippen LogP contribution < -0.4 is 15.1 Å². The Morgan fingerprint density at radius 3 is 2.36 bits per heavy atom. The number of rotatable bonds is 9. The van der Waals surface area contributed by atoms with Gasteiger partial charge in [0.25, 0.3) is 11.8 Å². The van der Waals surface area contributed by atoms with E-state index < -0.39 is 0 Å². The molecule has 5 heteroatoms. The minimum absolute atomic E-state index is 0.0173. The van der Waals surface area contributed by atoms with E-state index in [2.05, 4.69) is 5.32 Å². The van der Waals surface area contributed by atoms with Crippen molar-refractivity contribution in [2.45, 2.75) is 40.3 Å². The van der Waals surface area contributed by atoms with Crippen molar-refractivity contribution >= 4 is 17.5 Å². The minimum atomic E-state index is -0.0233. The smallest absolute Gasteiger partial charge is 0.282 e. The number of hydrogen-bond donors (Lipinski definition) is 2. The van der Waals surface area contributed by atoms with E-state index in [9.17, 15) is 9.59 Å². The van der Waals surface area contributed by atoms with Crippen LogP contribution >= 0.6 is 0 Å². The Balaban J connectivity index is 2.16. The summed E-state index contributed by atoms with van der Waals surface area (Å²) < 4.78 is 0. The van der Waals surface area contributed by atoms with Gasteiger partial charge in [-0.15, -0.1) is 0 Å². The lowest BCUT2D eigenvalue weighted by atomic mass is 10.1. The van der Waals surface area contributed by atoms with Crippen LogP contribution in [-0.4, -0.2) is 37.5 Å². The average Bonchev–Trinajstić information content (AvgIpc) is 2.65. The molecule has 1 unspecified atom stereocenters. The molecule has 5 nitrogen and oxygen atoms in total. The van der Waals surface area contributed by atoms with Crippen molar-refractivity contribution < 1.29 is 14.5 Å². The highest BCUT2D eigenvalue weighted by atomic mass is 16.2. The van der Waals surface area contributed by atoms with Gasteiger partial charge in [0, 0.05) is 11.7 Å². The molecule has 150 valence electrons. The number of hydrogen-bond acceptors (Lipinski definition) is 2. The van der Waals surface area contributed by atoms with E-state index in [0.717, 1.165) is 21.7 Å². The monoisotopic (exact) mass is 382 g/mol. The lowest BCUT2D eigenvalue weighted by molar-refractivity contribution is -0.881. The molecule has 0 fully saturated rings. The molecular weight excluding hydrogens is 350 g/mol. The zero-order valence-electron chi connectivity index (χ0n) is 17.4. The molecule has 2 aromatic carbocycles. The van der Waals surface area contributed by atoms with Crippen LogP contribution in [0.5, 0.6) is 0 Å². The third-order valence-corrected chi connectivity index (χ3v) is 4.56. The second kappa shape index (κ2) is 10.6. The van der Waals surface area contributed by atoms with Gasteiger partial charge in [0.2, 0.25) is 0 Å². The van der Waals surface area contributed by atoms with Crippen LogP contribution in [0.2, 0.25) is 0 Å². The molecule has 2 aromatic rings. The Morgan fingerprint density at radius 1 is 1.04 bits per heavy atom. The molecule has 28 heavy (non-hydrogen) atoms. The Morgan fingerprint density at radius 2 is 1.75 bits per heavy atom. The van der Waals surface area contributed by atoms with Gasteiger partial charge in [-0.05, 0) is 51.0 Å². The maximum atomic E-state index is 13.2. The second-order valence-corrected chi connectivity index (χ2v) is 7.48. The summed E-state index contributed by atoms with van der Waals surface area (Å²) in [6.07, 6.45) is 0. The van der Waals surface area contributed by atoms with Crippen molar-refractivity contribution in [3.05, 3.63) is 65.7 Å². The Hall–Kier alpha value is -2.66. The summed E-state index contributed by atoms with van der Waals surface area (Å²) in [4.78, 5) is 28.1. The molecule has 0 aliphatic heterocycles. The first-order valence-corrected chi connectivity index (χ1v) is 9.93. The maximum absolute atomic E-state index is 13.2. The number of nitrogens with one attached hydrogen (secondary N) is 2. The summed E-state index contributed by atoms with van der Waals surface area (Å²) in [5, 5.41) is 2.90. The SMILES string of the molecule is CC[NH+](CC(=O)NC(C)C)CC(=O)N(Cc1ccccc1)c1cccc(C)c1. The van der Waals surface area contributed by atoms with Gasteiger partial charge in [0.05, 0.1) is 13.1 Å². The fourth-order valence-electron chi connectivity index (χ4n) is 3.11. The van der Waals surface area contributed by atoms with Crippen molar-refractivity contribution in [3.63, 3.8) is 0 Å². The van der Waals surface area contributed by atoms with E-state index >= 15 is 0 Å². The van der Waals surface area contributed by atoms with Crippen LogP contribution in [0.4, 0.5) is 5.69 Å². The van der Waals surface area contributed by atoms with E-state index in [-0.39, 0.29) is 24.4 Å². The van der Waals surface area contributed by atoms with Gasteiger partial charge < -0.3 is 15.1 Å². The number of carbonyl (C=O) groups is 2. The van der Waals surface area contributed by atoms with Crippen molar-refractivity contribution in [2.75, 3.05) is 24.5 Å². The molecule has 0 radical (unpaired) electrons. The topological polar surface area (TPSA) is 53.9 Å². The van der Waals surface area contributed by atoms with Gasteiger partial charge >= 0.3 is 0 Å². The van der Waals surface area contributed by atoms with E-state index in [0.29, 0.717) is 19.6 Å². The lowest BCUT2D eigenvalue weighted by Crippen LogP contribution is -3.14. The summed E-state index contributed by atoms with van der Waals surface area (Å²) in [5.74, 6) is -0.00605. The zero-order chi connectivity index (χ0) is 20.5. The van der Waals surface area contributed by atoms with Crippen LogP contribution in [0.25, 0.3) is 0 Å². The Kier molecular flexibility index (Phi) is 8.20. The molecule has 0 bridgehead atoms. The largest absolute Gasteiger partial charge is 0.349 e. The van der Waals surface area contributed by atoms with Crippen LogP contribution in [0.15, 0.2) is 54.6 Å². The standard InChI is InChI=1S/C23H31N3O2/c1-5-25(16-22(27)24-18(2)3)17-23(28)26(15-20-11-7-6-8-12-20)21-13-9-10-19(4)14-21/h6-14,18H,5,15-17H2,1-4H3,(H,24,27)/p+1. The molecule has 2 N–H and O–H groups in total. The Labute approximate surface area is 168 Å². The lowest BCUT2D eigenvalue weighted by Gasteiger charge is -2.26. The molecule has 2 amide bonds. The maximum Gasteiger partial charge on any atom is 0.282 e. The van der Waals surface area contributed by atoms with Crippen molar-refractivity contribution in [3.8, 4) is 0 Å². The van der Waals surface area contributed by atoms with E-state index in [1.54, 1.807) is 0 Å². The number of anilines is 1. The highest BCUT2D eigenvalue weighted by Gasteiger charge is 2.23. The van der Waals surface area contributed by atoms with E-state index in [1.165, 1.54) is 0 Å². The first kappa shape index (κ1) is 21.6. The predicted octanol–water partition coefficient (Wildman–Crippen LogP) is 1.96. The first-order valence-electron chi connectivity index (χ1n) is 9.93. The molecule has 0 saturated carbocycles. The molecule has 1 atom stereocenters. The third kappa shape index (κ3) is 6.82. The fourth-order valence-corrected chi connectivity index (χ4v) is 3.11. The first-order chi connectivity index (χ1) is 13.4. The van der Waals surface area contributed by atoms with Crippen LogP contribution in [0.1, 0.15) is 31.9 Å². The highest BCUT2D eigenvalue weighted by molar-refractivity contribution is 5.94. The van der Waals surface area contributed by atoms with Crippen LogP contribution in [0.3, 0.4) is 0 Å². The number of benzene rings is 2. The zero-order valence-corrected chi connectivity index (χ0v) is 17.4. The van der Waals surface area contributed by atoms with Gasteiger partial charge in [-0.1, -0.05) is 42.5 Å². The number of aryl methyl sites for hydroxylation is 1. The van der Waals surface area contributed by atoms with Gasteiger partial charge in [0.1, 0.15) is 0 Å². The van der Waals surface area contributed by atoms with Gasteiger partial charge in [-0.2, -0.15) is 0 Å². The summed E-state index contributed by atoms with van der Waals surface area (Å²) in [6, 6.07) is 18.1. The van der Waals surface area contributed by atoms with Gasteiger partial charge in [0.15, 0.2) is 13.1 Å². The molecule has 0 spiro atoms. The van der Waals surface area contributed by atoms with E-state index in [1.807, 2.05) is 87.2 Å². The molecule has 0 heterocycles.